The van der Waals surface area contributed by atoms with Crippen molar-refractivity contribution in [2.24, 2.45) is 0 Å². The zero-order valence-electron chi connectivity index (χ0n) is 10.9. The SMILES string of the molecule is O=C(NO)c1sc(-c2cccnc2)nc1-c1ccccc1. The van der Waals surface area contributed by atoms with Crippen molar-refractivity contribution in [2.45, 2.75) is 0 Å². The number of rotatable bonds is 3. The molecular formula is C15H11N3O2S. The molecule has 2 N–H and O–H groups in total. The molecule has 0 bridgehead atoms. The second-order valence-corrected chi connectivity index (χ2v) is 5.24. The number of aromatic nitrogens is 2. The van der Waals surface area contributed by atoms with Gasteiger partial charge in [-0.15, -0.1) is 11.3 Å². The Hall–Kier alpha value is -2.57. The molecule has 0 saturated carbocycles. The van der Waals surface area contributed by atoms with Crippen LogP contribution in [0.3, 0.4) is 0 Å². The van der Waals surface area contributed by atoms with E-state index in [-0.39, 0.29) is 0 Å². The van der Waals surface area contributed by atoms with Gasteiger partial charge < -0.3 is 0 Å². The molecule has 104 valence electrons. The molecule has 1 amide bonds. The van der Waals surface area contributed by atoms with Gasteiger partial charge in [0, 0.05) is 23.5 Å². The first kappa shape index (κ1) is 13.4. The van der Waals surface area contributed by atoms with Crippen LogP contribution in [0.4, 0.5) is 0 Å². The molecule has 0 aliphatic rings. The molecule has 0 atom stereocenters. The summed E-state index contributed by atoms with van der Waals surface area (Å²) in [5.74, 6) is -0.568. The fourth-order valence-corrected chi connectivity index (χ4v) is 2.90. The summed E-state index contributed by atoms with van der Waals surface area (Å²) in [7, 11) is 0. The van der Waals surface area contributed by atoms with E-state index in [4.69, 9.17) is 5.21 Å². The van der Waals surface area contributed by atoms with Crippen molar-refractivity contribution in [1.29, 1.82) is 0 Å². The minimum atomic E-state index is -0.568. The maximum atomic E-state index is 11.8. The Morgan fingerprint density at radius 2 is 1.86 bits per heavy atom. The van der Waals surface area contributed by atoms with Crippen molar-refractivity contribution in [3.63, 3.8) is 0 Å². The van der Waals surface area contributed by atoms with Gasteiger partial charge in [0.15, 0.2) is 0 Å². The fraction of sp³-hybridized carbons (Fsp3) is 0. The average Bonchev–Trinajstić information content (AvgIpc) is 3.01. The summed E-state index contributed by atoms with van der Waals surface area (Å²) in [5.41, 5.74) is 3.87. The summed E-state index contributed by atoms with van der Waals surface area (Å²) < 4.78 is 0. The first-order valence-corrected chi connectivity index (χ1v) is 7.02. The van der Waals surface area contributed by atoms with Gasteiger partial charge in [0.2, 0.25) is 0 Å². The van der Waals surface area contributed by atoms with E-state index < -0.39 is 5.91 Å². The molecule has 0 fully saturated rings. The highest BCUT2D eigenvalue weighted by atomic mass is 32.1. The van der Waals surface area contributed by atoms with Crippen LogP contribution < -0.4 is 5.48 Å². The lowest BCUT2D eigenvalue weighted by Gasteiger charge is -1.99. The third-order valence-corrected chi connectivity index (χ3v) is 3.99. The highest BCUT2D eigenvalue weighted by molar-refractivity contribution is 7.17. The number of nitrogens with one attached hydrogen (secondary N) is 1. The van der Waals surface area contributed by atoms with Crippen molar-refractivity contribution in [3.8, 4) is 21.8 Å². The number of hydrogen-bond acceptors (Lipinski definition) is 5. The summed E-state index contributed by atoms with van der Waals surface area (Å²) >= 11 is 1.22. The lowest BCUT2D eigenvalue weighted by atomic mass is 10.1. The Labute approximate surface area is 124 Å². The third-order valence-electron chi connectivity index (χ3n) is 2.89. The Morgan fingerprint density at radius 3 is 2.52 bits per heavy atom. The minimum Gasteiger partial charge on any atom is -0.288 e. The third kappa shape index (κ3) is 2.67. The van der Waals surface area contributed by atoms with Crippen LogP contribution in [0.5, 0.6) is 0 Å². The normalized spacial score (nSPS) is 10.3. The number of pyridine rings is 1. The predicted octanol–water partition coefficient (Wildman–Crippen LogP) is 2.99. The standard InChI is InChI=1S/C15H11N3O2S/c19-14(18-20)13-12(10-5-2-1-3-6-10)17-15(21-13)11-7-4-8-16-9-11/h1-9,20H,(H,18,19). The smallest absolute Gasteiger partial charge is 0.287 e. The van der Waals surface area contributed by atoms with Crippen LogP contribution in [0.15, 0.2) is 54.9 Å². The Kier molecular flexibility index (Phi) is 3.72. The molecule has 2 aromatic heterocycles. The molecule has 0 saturated heterocycles. The van der Waals surface area contributed by atoms with Gasteiger partial charge in [0.05, 0.1) is 5.69 Å². The molecule has 0 aliphatic carbocycles. The Bertz CT molecular complexity index is 757. The second-order valence-electron chi connectivity index (χ2n) is 4.25. The van der Waals surface area contributed by atoms with Gasteiger partial charge in [-0.25, -0.2) is 10.5 Å². The summed E-state index contributed by atoms with van der Waals surface area (Å²) in [5, 5.41) is 9.59. The molecule has 21 heavy (non-hydrogen) atoms. The Balaban J connectivity index is 2.14. The molecule has 0 unspecified atom stereocenters. The highest BCUT2D eigenvalue weighted by Gasteiger charge is 2.19. The second kappa shape index (κ2) is 5.82. The molecule has 6 heteroatoms. The first-order valence-electron chi connectivity index (χ1n) is 6.20. The quantitative estimate of drug-likeness (QED) is 0.575. The lowest BCUT2D eigenvalue weighted by Crippen LogP contribution is -2.18. The number of benzene rings is 1. The molecule has 2 heterocycles. The number of thiazole rings is 1. The number of nitrogens with zero attached hydrogens (tertiary/aromatic N) is 2. The zero-order chi connectivity index (χ0) is 14.7. The molecule has 0 aliphatic heterocycles. The zero-order valence-corrected chi connectivity index (χ0v) is 11.7. The van der Waals surface area contributed by atoms with Crippen molar-refractivity contribution < 1.29 is 10.0 Å². The number of hydrogen-bond donors (Lipinski definition) is 2. The van der Waals surface area contributed by atoms with Gasteiger partial charge in [-0.3, -0.25) is 15.0 Å². The average molecular weight is 297 g/mol. The Morgan fingerprint density at radius 1 is 1.10 bits per heavy atom. The van der Waals surface area contributed by atoms with E-state index >= 15 is 0 Å². The number of amides is 1. The highest BCUT2D eigenvalue weighted by Crippen LogP contribution is 2.33. The monoisotopic (exact) mass is 297 g/mol. The molecule has 0 spiro atoms. The van der Waals surface area contributed by atoms with E-state index in [2.05, 4.69) is 9.97 Å². The van der Waals surface area contributed by atoms with E-state index in [1.165, 1.54) is 11.3 Å². The molecule has 1 aromatic carbocycles. The summed E-state index contributed by atoms with van der Waals surface area (Å²) in [6.45, 7) is 0. The molecule has 3 rings (SSSR count). The van der Waals surface area contributed by atoms with Crippen LogP contribution >= 0.6 is 11.3 Å². The van der Waals surface area contributed by atoms with Gasteiger partial charge >= 0.3 is 0 Å². The molecule has 5 nitrogen and oxygen atoms in total. The number of carbonyl (C=O) groups excluding carboxylic acids is 1. The van der Waals surface area contributed by atoms with E-state index in [9.17, 15) is 4.79 Å². The summed E-state index contributed by atoms with van der Waals surface area (Å²) in [6.07, 6.45) is 3.37. The fourth-order valence-electron chi connectivity index (χ4n) is 1.93. The van der Waals surface area contributed by atoms with Gasteiger partial charge in [-0.2, -0.15) is 0 Å². The molecule has 3 aromatic rings. The van der Waals surface area contributed by atoms with Gasteiger partial charge in [0.25, 0.3) is 5.91 Å². The van der Waals surface area contributed by atoms with E-state index in [1.54, 1.807) is 17.9 Å². The van der Waals surface area contributed by atoms with Gasteiger partial charge in [-0.05, 0) is 12.1 Å². The summed E-state index contributed by atoms with van der Waals surface area (Å²) in [6, 6.07) is 13.1. The lowest BCUT2D eigenvalue weighted by molar-refractivity contribution is 0.0711. The topological polar surface area (TPSA) is 75.1 Å². The van der Waals surface area contributed by atoms with Gasteiger partial charge in [-0.1, -0.05) is 30.3 Å². The summed E-state index contributed by atoms with van der Waals surface area (Å²) in [4.78, 5) is 20.8. The van der Waals surface area contributed by atoms with E-state index in [0.717, 1.165) is 11.1 Å². The maximum Gasteiger partial charge on any atom is 0.287 e. The van der Waals surface area contributed by atoms with Crippen LogP contribution in [0.25, 0.3) is 21.8 Å². The van der Waals surface area contributed by atoms with E-state index in [0.29, 0.717) is 15.6 Å². The van der Waals surface area contributed by atoms with Crippen LogP contribution in [0.2, 0.25) is 0 Å². The van der Waals surface area contributed by atoms with Crippen LogP contribution in [0, 0.1) is 0 Å². The minimum absolute atomic E-state index is 0.363. The van der Waals surface area contributed by atoms with Crippen molar-refractivity contribution in [2.75, 3.05) is 0 Å². The molecular weight excluding hydrogens is 286 g/mol. The van der Waals surface area contributed by atoms with Crippen LogP contribution in [-0.4, -0.2) is 21.1 Å². The van der Waals surface area contributed by atoms with Gasteiger partial charge in [0.1, 0.15) is 9.88 Å². The van der Waals surface area contributed by atoms with Crippen molar-refractivity contribution >= 4 is 17.2 Å². The first-order chi connectivity index (χ1) is 10.3. The molecule has 0 radical (unpaired) electrons. The number of hydroxylamine groups is 1. The van der Waals surface area contributed by atoms with Crippen LogP contribution in [0.1, 0.15) is 9.67 Å². The largest absolute Gasteiger partial charge is 0.288 e. The van der Waals surface area contributed by atoms with E-state index in [1.807, 2.05) is 42.5 Å². The number of carbonyl (C=O) groups is 1. The predicted molar refractivity (Wildman–Crippen MR) is 80.0 cm³/mol. The maximum absolute atomic E-state index is 11.8. The van der Waals surface area contributed by atoms with Crippen LogP contribution in [-0.2, 0) is 0 Å². The van der Waals surface area contributed by atoms with Crippen molar-refractivity contribution in [1.82, 2.24) is 15.4 Å². The van der Waals surface area contributed by atoms with Crippen molar-refractivity contribution in [3.05, 3.63) is 59.7 Å².